The molecule has 34 heavy (non-hydrogen) atoms. The van der Waals surface area contributed by atoms with Crippen molar-refractivity contribution in [3.05, 3.63) is 75.1 Å². The van der Waals surface area contributed by atoms with Crippen LogP contribution < -0.4 is 5.63 Å². The third-order valence-corrected chi connectivity index (χ3v) is 8.13. The van der Waals surface area contributed by atoms with Crippen LogP contribution in [-0.4, -0.2) is 42.5 Å². The molecule has 1 fully saturated rings. The number of sulfonamides is 1. The van der Waals surface area contributed by atoms with Gasteiger partial charge in [-0.15, -0.1) is 0 Å². The zero-order valence-corrected chi connectivity index (χ0v) is 20.1. The van der Waals surface area contributed by atoms with Crippen LogP contribution in [0.4, 0.5) is 0 Å². The van der Waals surface area contributed by atoms with Crippen molar-refractivity contribution in [1.82, 2.24) is 4.31 Å². The van der Waals surface area contributed by atoms with E-state index in [4.69, 9.17) is 9.15 Å². The molecule has 2 heterocycles. The van der Waals surface area contributed by atoms with Gasteiger partial charge in [-0.2, -0.15) is 4.31 Å². The summed E-state index contributed by atoms with van der Waals surface area (Å²) >= 11 is 0. The molecule has 0 bridgehead atoms. The Labute approximate surface area is 197 Å². The molecule has 1 aromatic heterocycles. The van der Waals surface area contributed by atoms with Crippen LogP contribution in [0, 0.1) is 13.8 Å². The second-order valence-corrected chi connectivity index (χ2v) is 10.5. The average Bonchev–Trinajstić information content (AvgIpc) is 3.21. The van der Waals surface area contributed by atoms with Gasteiger partial charge in [0.25, 0.3) is 0 Å². The second-order valence-electron chi connectivity index (χ2n) is 8.61. The highest BCUT2D eigenvalue weighted by atomic mass is 32.2. The summed E-state index contributed by atoms with van der Waals surface area (Å²) in [6.07, 6.45) is -0.287. The molecule has 9 heteroatoms. The van der Waals surface area contributed by atoms with Gasteiger partial charge in [0.1, 0.15) is 18.2 Å². The lowest BCUT2D eigenvalue weighted by Crippen LogP contribution is -2.41. The summed E-state index contributed by atoms with van der Waals surface area (Å²) < 4.78 is 38.3. The SMILES string of the molecule is CCc1ccc2c(COC(=O)[C@@H]3CC(O)CN3S(=O)(=O)c3ccc(C)c(C)c3)cc(=O)oc2c1. The van der Waals surface area contributed by atoms with E-state index in [1.54, 1.807) is 24.3 Å². The first-order valence-corrected chi connectivity index (χ1v) is 12.5. The number of fused-ring (bicyclic) bond motifs is 1. The highest BCUT2D eigenvalue weighted by Gasteiger charge is 2.44. The first-order chi connectivity index (χ1) is 16.1. The number of benzene rings is 2. The Bertz CT molecular complexity index is 1410. The quantitative estimate of drug-likeness (QED) is 0.422. The summed E-state index contributed by atoms with van der Waals surface area (Å²) in [6, 6.07) is 10.3. The van der Waals surface area contributed by atoms with Crippen molar-refractivity contribution >= 4 is 27.0 Å². The Morgan fingerprint density at radius 3 is 2.62 bits per heavy atom. The van der Waals surface area contributed by atoms with Crippen molar-refractivity contribution in [2.75, 3.05) is 6.54 Å². The number of hydrogen-bond acceptors (Lipinski definition) is 7. The minimum absolute atomic E-state index is 0.0564. The number of nitrogens with zero attached hydrogens (tertiary/aromatic N) is 1. The molecular weight excluding hydrogens is 458 g/mol. The van der Waals surface area contributed by atoms with Crippen LogP contribution in [0.25, 0.3) is 11.0 Å². The number of esters is 1. The van der Waals surface area contributed by atoms with Crippen molar-refractivity contribution in [3.63, 3.8) is 0 Å². The Kier molecular flexibility index (Phi) is 6.62. The molecule has 3 aromatic rings. The van der Waals surface area contributed by atoms with Crippen LogP contribution in [0.15, 0.2) is 56.6 Å². The van der Waals surface area contributed by atoms with Gasteiger partial charge in [-0.05, 0) is 55.2 Å². The number of carbonyl (C=O) groups is 1. The third-order valence-electron chi connectivity index (χ3n) is 6.26. The van der Waals surface area contributed by atoms with Crippen LogP contribution in [0.3, 0.4) is 0 Å². The minimum atomic E-state index is -4.03. The molecule has 0 saturated carbocycles. The first-order valence-electron chi connectivity index (χ1n) is 11.1. The zero-order valence-electron chi connectivity index (χ0n) is 19.3. The number of aryl methyl sites for hydroxylation is 3. The summed E-state index contributed by atoms with van der Waals surface area (Å²) in [4.78, 5) is 25.0. The van der Waals surface area contributed by atoms with Crippen LogP contribution >= 0.6 is 0 Å². The van der Waals surface area contributed by atoms with Gasteiger partial charge >= 0.3 is 11.6 Å². The molecule has 1 aliphatic heterocycles. The Balaban J connectivity index is 1.58. The fourth-order valence-electron chi connectivity index (χ4n) is 4.13. The predicted molar refractivity (Wildman–Crippen MR) is 126 cm³/mol. The lowest BCUT2D eigenvalue weighted by atomic mass is 10.1. The van der Waals surface area contributed by atoms with Crippen molar-refractivity contribution in [3.8, 4) is 0 Å². The van der Waals surface area contributed by atoms with E-state index in [1.165, 1.54) is 12.1 Å². The average molecular weight is 486 g/mol. The van der Waals surface area contributed by atoms with Crippen molar-refractivity contribution in [1.29, 1.82) is 0 Å². The maximum absolute atomic E-state index is 13.3. The third kappa shape index (κ3) is 4.64. The largest absolute Gasteiger partial charge is 0.460 e. The maximum Gasteiger partial charge on any atom is 0.336 e. The van der Waals surface area contributed by atoms with Gasteiger partial charge in [-0.1, -0.05) is 25.1 Å². The van der Waals surface area contributed by atoms with Gasteiger partial charge in [0.05, 0.1) is 11.0 Å². The van der Waals surface area contributed by atoms with Crippen LogP contribution in [-0.2, 0) is 32.6 Å². The molecule has 1 N–H and O–H groups in total. The normalized spacial score (nSPS) is 18.9. The molecule has 0 aliphatic carbocycles. The molecule has 180 valence electrons. The van der Waals surface area contributed by atoms with Crippen LogP contribution in [0.1, 0.15) is 35.6 Å². The van der Waals surface area contributed by atoms with Crippen LogP contribution in [0.2, 0.25) is 0 Å². The summed E-state index contributed by atoms with van der Waals surface area (Å²) in [5.74, 6) is -0.782. The first kappa shape index (κ1) is 24.1. The number of ether oxygens (including phenoxy) is 1. The van der Waals surface area contributed by atoms with E-state index < -0.39 is 33.8 Å². The van der Waals surface area contributed by atoms with Gasteiger partial charge < -0.3 is 14.3 Å². The van der Waals surface area contributed by atoms with Crippen molar-refractivity contribution in [2.45, 2.75) is 57.3 Å². The minimum Gasteiger partial charge on any atom is -0.460 e. The molecule has 0 radical (unpaired) electrons. The number of rotatable bonds is 6. The lowest BCUT2D eigenvalue weighted by molar-refractivity contribution is -0.148. The Morgan fingerprint density at radius 1 is 1.15 bits per heavy atom. The number of aliphatic hydroxyl groups is 1. The van der Waals surface area contributed by atoms with Gasteiger partial charge in [0.15, 0.2) is 0 Å². The number of hydrogen-bond donors (Lipinski definition) is 1. The van der Waals surface area contributed by atoms with Crippen molar-refractivity contribution < 1.29 is 27.5 Å². The van der Waals surface area contributed by atoms with E-state index >= 15 is 0 Å². The highest BCUT2D eigenvalue weighted by molar-refractivity contribution is 7.89. The van der Waals surface area contributed by atoms with E-state index in [1.807, 2.05) is 26.8 Å². The molecule has 4 rings (SSSR count). The molecule has 0 spiro atoms. The van der Waals surface area contributed by atoms with Crippen molar-refractivity contribution in [2.24, 2.45) is 0 Å². The monoisotopic (exact) mass is 485 g/mol. The molecule has 1 saturated heterocycles. The standard InChI is InChI=1S/C25H27NO7S/c1-4-17-6-8-21-18(11-24(28)33-23(21)10-17)14-32-25(29)22-12-19(27)13-26(22)34(30,31)20-7-5-15(2)16(3)9-20/h5-11,19,22,27H,4,12-14H2,1-3H3/t19?,22-/m0/s1. The fourth-order valence-corrected chi connectivity index (χ4v) is 5.84. The highest BCUT2D eigenvalue weighted by Crippen LogP contribution is 2.29. The number of β-amino-alcohol motifs (C(OH)–C–C–N with tert-alkyl or cyclic N) is 1. The molecule has 8 nitrogen and oxygen atoms in total. The molecule has 1 unspecified atom stereocenters. The van der Waals surface area contributed by atoms with E-state index in [-0.39, 0.29) is 24.5 Å². The topological polar surface area (TPSA) is 114 Å². The molecule has 2 aromatic carbocycles. The Morgan fingerprint density at radius 2 is 1.91 bits per heavy atom. The van der Waals surface area contributed by atoms with E-state index in [2.05, 4.69) is 0 Å². The van der Waals surface area contributed by atoms with Gasteiger partial charge in [-0.25, -0.2) is 13.2 Å². The molecule has 0 amide bonds. The summed E-state index contributed by atoms with van der Waals surface area (Å²) in [5, 5.41) is 10.8. The van der Waals surface area contributed by atoms with Gasteiger partial charge in [0.2, 0.25) is 10.0 Å². The molecule has 1 aliphatic rings. The fraction of sp³-hybridized carbons (Fsp3) is 0.360. The Hall–Kier alpha value is -3.01. The summed E-state index contributed by atoms with van der Waals surface area (Å²) in [6.45, 7) is 5.24. The summed E-state index contributed by atoms with van der Waals surface area (Å²) in [7, 11) is -4.03. The van der Waals surface area contributed by atoms with Gasteiger partial charge in [-0.3, -0.25) is 4.79 Å². The number of carbonyl (C=O) groups excluding carboxylic acids is 1. The predicted octanol–water partition coefficient (Wildman–Crippen LogP) is 2.84. The zero-order chi connectivity index (χ0) is 24.6. The second kappa shape index (κ2) is 9.32. The molecular formula is C25H27NO7S. The smallest absolute Gasteiger partial charge is 0.336 e. The van der Waals surface area contributed by atoms with E-state index in [0.717, 1.165) is 27.4 Å². The maximum atomic E-state index is 13.3. The van der Waals surface area contributed by atoms with Gasteiger partial charge in [0, 0.05) is 30.0 Å². The lowest BCUT2D eigenvalue weighted by Gasteiger charge is -2.23. The van der Waals surface area contributed by atoms with E-state index in [9.17, 15) is 23.1 Å². The van der Waals surface area contributed by atoms with E-state index in [0.29, 0.717) is 16.5 Å². The van der Waals surface area contributed by atoms with Crippen LogP contribution in [0.5, 0.6) is 0 Å². The number of aliphatic hydroxyl groups excluding tert-OH is 1. The molecule has 2 atom stereocenters. The summed E-state index contributed by atoms with van der Waals surface area (Å²) in [5.41, 5.74) is 3.04.